The minimum atomic E-state index is -5.90. The number of aliphatic hydroxyl groups is 2. The zero-order chi connectivity index (χ0) is 22.6. The van der Waals surface area contributed by atoms with Crippen LogP contribution < -0.4 is 17.0 Å². The fourth-order valence-corrected chi connectivity index (χ4v) is 3.10. The first-order valence-electron chi connectivity index (χ1n) is 8.33. The van der Waals surface area contributed by atoms with Gasteiger partial charge < -0.3 is 20.7 Å². The number of hydrogen-bond acceptors (Lipinski definition) is 7. The summed E-state index contributed by atoms with van der Waals surface area (Å²) < 4.78 is 83.8. The first kappa shape index (κ1) is 22.1. The Labute approximate surface area is 161 Å². The van der Waals surface area contributed by atoms with Crippen molar-refractivity contribution in [3.63, 3.8) is 0 Å². The highest BCUT2D eigenvalue weighted by Crippen LogP contribution is 2.38. The molecule has 168 valence electrons. The SMILES string of the molecule is Nc1nc2c(c(=O)[nH]1)n(CCC(F)(F)C(F)(F)F)c(=O)n2[C@@H]1O[C@H](CO)[C@@H](F)[C@H]1O. The molecule has 16 heteroatoms. The Morgan fingerprint density at radius 2 is 1.87 bits per heavy atom. The van der Waals surface area contributed by atoms with E-state index in [0.29, 0.717) is 4.57 Å². The van der Waals surface area contributed by atoms with Crippen LogP contribution in [0.15, 0.2) is 9.59 Å². The van der Waals surface area contributed by atoms with E-state index >= 15 is 0 Å². The number of nitrogens with zero attached hydrogens (tertiary/aromatic N) is 3. The van der Waals surface area contributed by atoms with E-state index in [1.165, 1.54) is 0 Å². The summed E-state index contributed by atoms with van der Waals surface area (Å²) in [5.41, 5.74) is 1.51. The second-order valence-electron chi connectivity index (χ2n) is 6.56. The molecule has 4 atom stereocenters. The highest BCUT2D eigenvalue weighted by molar-refractivity contribution is 5.71. The highest BCUT2D eigenvalue weighted by atomic mass is 19.4. The molecular weight excluding hydrogens is 432 g/mol. The van der Waals surface area contributed by atoms with Crippen molar-refractivity contribution in [1.29, 1.82) is 0 Å². The minimum absolute atomic E-state index is 0.274. The molecule has 30 heavy (non-hydrogen) atoms. The Morgan fingerprint density at radius 3 is 2.40 bits per heavy atom. The molecule has 1 aliphatic rings. The molecule has 1 saturated heterocycles. The van der Waals surface area contributed by atoms with E-state index in [4.69, 9.17) is 15.6 Å². The van der Waals surface area contributed by atoms with E-state index in [2.05, 4.69) is 4.98 Å². The van der Waals surface area contributed by atoms with Crippen LogP contribution >= 0.6 is 0 Å². The van der Waals surface area contributed by atoms with Crippen LogP contribution in [0, 0.1) is 0 Å². The lowest BCUT2D eigenvalue weighted by atomic mass is 10.1. The average molecular weight is 447 g/mol. The second-order valence-corrected chi connectivity index (χ2v) is 6.56. The molecule has 0 aromatic carbocycles. The number of fused-ring (bicyclic) bond motifs is 1. The van der Waals surface area contributed by atoms with Crippen LogP contribution in [0.25, 0.3) is 11.2 Å². The number of hydrogen-bond donors (Lipinski definition) is 4. The smallest absolute Gasteiger partial charge is 0.394 e. The van der Waals surface area contributed by atoms with Gasteiger partial charge in [0.2, 0.25) is 5.95 Å². The van der Waals surface area contributed by atoms with Crippen LogP contribution in [-0.2, 0) is 11.3 Å². The summed E-state index contributed by atoms with van der Waals surface area (Å²) in [5.74, 6) is -5.73. The minimum Gasteiger partial charge on any atom is -0.394 e. The van der Waals surface area contributed by atoms with Gasteiger partial charge in [0.05, 0.1) is 6.61 Å². The molecule has 2 aromatic rings. The molecule has 2 aromatic heterocycles. The predicted octanol–water partition coefficient (Wildman–Crippen LogP) is -0.355. The van der Waals surface area contributed by atoms with Gasteiger partial charge in [0, 0.05) is 13.0 Å². The number of nitrogens with one attached hydrogen (secondary N) is 1. The number of H-pyrrole nitrogens is 1. The summed E-state index contributed by atoms with van der Waals surface area (Å²) in [5, 5.41) is 19.1. The number of aromatic amines is 1. The fourth-order valence-electron chi connectivity index (χ4n) is 3.10. The van der Waals surface area contributed by atoms with Gasteiger partial charge in [-0.2, -0.15) is 26.9 Å². The van der Waals surface area contributed by atoms with Gasteiger partial charge in [-0.15, -0.1) is 0 Å². The van der Waals surface area contributed by atoms with Gasteiger partial charge in [0.25, 0.3) is 5.56 Å². The van der Waals surface area contributed by atoms with Crippen LogP contribution in [0.3, 0.4) is 0 Å². The number of rotatable bonds is 5. The summed E-state index contributed by atoms with van der Waals surface area (Å²) in [6.45, 7) is -2.16. The van der Waals surface area contributed by atoms with Gasteiger partial charge in [-0.3, -0.25) is 14.3 Å². The average Bonchev–Trinajstić information content (AvgIpc) is 3.06. The number of nitrogen functional groups attached to an aromatic ring is 1. The van der Waals surface area contributed by atoms with Crippen LogP contribution in [0.5, 0.6) is 0 Å². The standard InChI is InChI=1S/C14H15F6N5O5/c15-5-4(3-26)30-10(7(5)27)25-8-6(9(28)23-11(21)22-8)24(12(25)29)2-1-13(16,17)14(18,19)20/h4-5,7,10,26-27H,1-3H2,(H3,21,22,23,28)/t4-,5-,7-,10-/m1/s1. The molecule has 3 heterocycles. The van der Waals surface area contributed by atoms with Crippen molar-refractivity contribution in [1.82, 2.24) is 19.1 Å². The molecule has 1 aliphatic heterocycles. The molecular formula is C14H15F6N5O5. The molecule has 0 unspecified atom stereocenters. The maximum Gasteiger partial charge on any atom is 0.453 e. The Hall–Kier alpha value is -2.59. The van der Waals surface area contributed by atoms with Crippen molar-refractivity contribution in [2.45, 2.75) is 49.7 Å². The summed E-state index contributed by atoms with van der Waals surface area (Å²) in [4.78, 5) is 30.6. The zero-order valence-electron chi connectivity index (χ0n) is 14.7. The number of anilines is 1. The molecule has 0 aliphatic carbocycles. The summed E-state index contributed by atoms with van der Waals surface area (Å²) in [6, 6.07) is 0. The monoisotopic (exact) mass is 447 g/mol. The Balaban J connectivity index is 2.15. The molecule has 0 bridgehead atoms. The van der Waals surface area contributed by atoms with Crippen molar-refractivity contribution in [3.8, 4) is 0 Å². The number of ether oxygens (including phenoxy) is 1. The van der Waals surface area contributed by atoms with E-state index < -0.39 is 84.6 Å². The summed E-state index contributed by atoms with van der Waals surface area (Å²) >= 11 is 0. The zero-order valence-corrected chi connectivity index (χ0v) is 14.7. The lowest BCUT2D eigenvalue weighted by molar-refractivity contribution is -0.285. The van der Waals surface area contributed by atoms with Gasteiger partial charge in [-0.1, -0.05) is 0 Å². The molecule has 5 N–H and O–H groups in total. The van der Waals surface area contributed by atoms with Gasteiger partial charge in [-0.25, -0.2) is 13.8 Å². The maximum atomic E-state index is 14.1. The number of halogens is 6. The molecule has 1 fully saturated rings. The van der Waals surface area contributed by atoms with Gasteiger partial charge >= 0.3 is 17.8 Å². The van der Waals surface area contributed by atoms with Crippen molar-refractivity contribution < 1.29 is 41.3 Å². The van der Waals surface area contributed by atoms with Crippen molar-refractivity contribution in [2.75, 3.05) is 12.3 Å². The molecule has 0 amide bonds. The van der Waals surface area contributed by atoms with Crippen LogP contribution in [0.1, 0.15) is 12.6 Å². The van der Waals surface area contributed by atoms with Crippen LogP contribution in [0.4, 0.5) is 32.3 Å². The third-order valence-electron chi connectivity index (χ3n) is 4.62. The molecule has 10 nitrogen and oxygen atoms in total. The topological polar surface area (TPSA) is 148 Å². The first-order chi connectivity index (χ1) is 13.8. The Bertz CT molecular complexity index is 1060. The fraction of sp³-hybridized carbons (Fsp3) is 0.643. The maximum absolute atomic E-state index is 14.1. The van der Waals surface area contributed by atoms with Crippen molar-refractivity contribution in [3.05, 3.63) is 20.8 Å². The van der Waals surface area contributed by atoms with Crippen LogP contribution in [0.2, 0.25) is 0 Å². The number of alkyl halides is 6. The molecule has 0 saturated carbocycles. The summed E-state index contributed by atoms with van der Waals surface area (Å²) in [7, 11) is 0. The highest BCUT2D eigenvalue weighted by Gasteiger charge is 2.57. The lowest BCUT2D eigenvalue weighted by Crippen LogP contribution is -2.39. The van der Waals surface area contributed by atoms with E-state index in [-0.39, 0.29) is 4.57 Å². The lowest BCUT2D eigenvalue weighted by Gasteiger charge is -2.19. The Kier molecular flexibility index (Phi) is 5.36. The van der Waals surface area contributed by atoms with Gasteiger partial charge in [0.1, 0.15) is 12.2 Å². The molecule has 3 rings (SSSR count). The normalized spacial score (nSPS) is 25.3. The van der Waals surface area contributed by atoms with E-state index in [9.17, 15) is 41.0 Å². The quantitative estimate of drug-likeness (QED) is 0.458. The number of aryl methyl sites for hydroxylation is 1. The van der Waals surface area contributed by atoms with Gasteiger partial charge in [0.15, 0.2) is 23.6 Å². The number of imidazole rings is 1. The molecule has 0 spiro atoms. The molecule has 0 radical (unpaired) electrons. The number of aromatic nitrogens is 4. The van der Waals surface area contributed by atoms with Gasteiger partial charge in [-0.05, 0) is 0 Å². The Morgan fingerprint density at radius 1 is 1.23 bits per heavy atom. The van der Waals surface area contributed by atoms with E-state index in [0.717, 1.165) is 0 Å². The third kappa shape index (κ3) is 3.43. The largest absolute Gasteiger partial charge is 0.453 e. The van der Waals surface area contributed by atoms with E-state index in [1.54, 1.807) is 0 Å². The van der Waals surface area contributed by atoms with Crippen LogP contribution in [-0.4, -0.2) is 66.4 Å². The summed E-state index contributed by atoms with van der Waals surface area (Å²) in [6.07, 6.45) is -15.4. The van der Waals surface area contributed by atoms with Crippen molar-refractivity contribution in [2.24, 2.45) is 0 Å². The first-order valence-corrected chi connectivity index (χ1v) is 8.33. The third-order valence-corrected chi connectivity index (χ3v) is 4.62. The predicted molar refractivity (Wildman–Crippen MR) is 86.5 cm³/mol. The number of aliphatic hydroxyl groups excluding tert-OH is 2. The second kappa shape index (κ2) is 7.28. The number of nitrogens with two attached hydrogens (primary N) is 1. The van der Waals surface area contributed by atoms with E-state index in [1.807, 2.05) is 4.98 Å². The van der Waals surface area contributed by atoms with Crippen molar-refractivity contribution >= 4 is 17.1 Å².